The summed E-state index contributed by atoms with van der Waals surface area (Å²) in [6.45, 7) is 5.75. The number of fused-ring (bicyclic) bond motifs is 5. The van der Waals surface area contributed by atoms with Gasteiger partial charge >= 0.3 is 24.0 Å². The normalized spacial score (nSPS) is 38.3. The summed E-state index contributed by atoms with van der Waals surface area (Å²) in [4.78, 5) is 23.1. The van der Waals surface area contributed by atoms with Crippen molar-refractivity contribution in [2.45, 2.75) is 83.9 Å². The molecule has 184 valence electrons. The molecule has 3 fully saturated rings. The van der Waals surface area contributed by atoms with E-state index in [1.165, 1.54) is 19.1 Å². The first-order valence-corrected chi connectivity index (χ1v) is 11.5. The van der Waals surface area contributed by atoms with Crippen LogP contribution in [0.2, 0.25) is 0 Å². The van der Waals surface area contributed by atoms with Crippen molar-refractivity contribution in [2.75, 3.05) is 0 Å². The lowest BCUT2D eigenvalue weighted by Gasteiger charge is -2.57. The van der Waals surface area contributed by atoms with Crippen LogP contribution in [0, 0.1) is 28.6 Å². The largest absolute Gasteiger partial charge is 0.465 e. The quantitative estimate of drug-likeness (QED) is 0.364. The van der Waals surface area contributed by atoms with Gasteiger partial charge in [0.05, 0.1) is 0 Å². The molecular formula is C24H29F5O4. The summed E-state index contributed by atoms with van der Waals surface area (Å²) in [5.74, 6) is -7.53. The van der Waals surface area contributed by atoms with Gasteiger partial charge in [0.15, 0.2) is 0 Å². The Morgan fingerprint density at radius 2 is 1.73 bits per heavy atom. The molecule has 3 saturated carbocycles. The van der Waals surface area contributed by atoms with Crippen LogP contribution >= 0.6 is 0 Å². The fourth-order valence-corrected chi connectivity index (χ4v) is 7.09. The Labute approximate surface area is 189 Å². The molecule has 33 heavy (non-hydrogen) atoms. The number of carbonyl (C=O) groups excluding carboxylic acids is 2. The molecule has 4 nitrogen and oxygen atoms in total. The van der Waals surface area contributed by atoms with E-state index >= 15 is 0 Å². The van der Waals surface area contributed by atoms with Crippen LogP contribution in [0.15, 0.2) is 23.5 Å². The molecule has 6 atom stereocenters. The molecule has 4 aliphatic carbocycles. The SMILES string of the molecule is CC(=O)O[C@H]1CCC2C3CCC4=CC(OC(=O)C(F)(F)C(F)(F)F)=CC[C@]4(C)C3CC[C@@]21C. The van der Waals surface area contributed by atoms with Crippen molar-refractivity contribution < 1.29 is 41.0 Å². The minimum Gasteiger partial charge on any atom is -0.462 e. The maximum atomic E-state index is 13.3. The van der Waals surface area contributed by atoms with Crippen molar-refractivity contribution in [3.05, 3.63) is 23.5 Å². The molecule has 0 amide bonds. The smallest absolute Gasteiger partial charge is 0.462 e. The molecule has 0 aliphatic heterocycles. The molecule has 0 saturated heterocycles. The fourth-order valence-electron chi connectivity index (χ4n) is 7.09. The van der Waals surface area contributed by atoms with E-state index < -0.39 is 18.1 Å². The number of esters is 2. The molecule has 0 aromatic heterocycles. The second-order valence-electron chi connectivity index (χ2n) is 10.5. The summed E-state index contributed by atoms with van der Waals surface area (Å²) in [5, 5.41) is 0. The number of hydrogen-bond donors (Lipinski definition) is 0. The number of hydrogen-bond acceptors (Lipinski definition) is 4. The Bertz CT molecular complexity index is 907. The molecule has 0 radical (unpaired) electrons. The lowest BCUT2D eigenvalue weighted by molar-refractivity contribution is -0.278. The van der Waals surface area contributed by atoms with Crippen LogP contribution in [0.5, 0.6) is 0 Å². The Kier molecular flexibility index (Phi) is 5.72. The van der Waals surface area contributed by atoms with Gasteiger partial charge in [-0.15, -0.1) is 0 Å². The van der Waals surface area contributed by atoms with Gasteiger partial charge in [0.2, 0.25) is 0 Å². The van der Waals surface area contributed by atoms with Crippen LogP contribution in [0.4, 0.5) is 22.0 Å². The third kappa shape index (κ3) is 3.79. The van der Waals surface area contributed by atoms with Crippen molar-refractivity contribution in [3.8, 4) is 0 Å². The van der Waals surface area contributed by atoms with Gasteiger partial charge in [-0.25, -0.2) is 4.79 Å². The third-order valence-corrected chi connectivity index (χ3v) is 8.82. The monoisotopic (exact) mass is 476 g/mol. The molecule has 4 aliphatic rings. The summed E-state index contributed by atoms with van der Waals surface area (Å²) in [7, 11) is 0. The summed E-state index contributed by atoms with van der Waals surface area (Å²) < 4.78 is 74.2. The zero-order valence-electron chi connectivity index (χ0n) is 18.9. The first-order chi connectivity index (χ1) is 15.2. The van der Waals surface area contributed by atoms with Gasteiger partial charge in [-0.1, -0.05) is 19.4 Å². The molecule has 0 aromatic rings. The van der Waals surface area contributed by atoms with Crippen molar-refractivity contribution in [1.82, 2.24) is 0 Å². The zero-order valence-corrected chi connectivity index (χ0v) is 18.9. The van der Waals surface area contributed by atoms with E-state index in [0.717, 1.165) is 37.7 Å². The maximum Gasteiger partial charge on any atom is 0.465 e. The molecule has 0 bridgehead atoms. The number of allylic oxidation sites excluding steroid dienone is 3. The highest BCUT2D eigenvalue weighted by molar-refractivity contribution is 5.80. The van der Waals surface area contributed by atoms with Crippen LogP contribution < -0.4 is 0 Å². The maximum absolute atomic E-state index is 13.3. The number of rotatable bonds is 3. The van der Waals surface area contributed by atoms with Crippen LogP contribution in [-0.2, 0) is 19.1 Å². The minimum absolute atomic E-state index is 0.0706. The standard InChI is InChI=1S/C24H29F5O4/c1-13(30)32-19-7-6-17-16-5-4-14-12-15(33-20(31)23(25,26)24(27,28)29)8-10-21(14,2)18(16)9-11-22(17,19)3/h8,12,16-19H,4-7,9-11H2,1-3H3/t16?,17?,18?,19-,21-,22-/m0/s1. The van der Waals surface area contributed by atoms with Gasteiger partial charge in [0, 0.05) is 12.3 Å². The highest BCUT2D eigenvalue weighted by Crippen LogP contribution is 2.65. The Morgan fingerprint density at radius 3 is 2.36 bits per heavy atom. The van der Waals surface area contributed by atoms with E-state index in [0.29, 0.717) is 30.6 Å². The molecule has 4 rings (SSSR count). The van der Waals surface area contributed by atoms with Crippen molar-refractivity contribution in [2.24, 2.45) is 28.6 Å². The van der Waals surface area contributed by atoms with E-state index in [2.05, 4.69) is 18.6 Å². The lowest BCUT2D eigenvalue weighted by atomic mass is 9.48. The molecule has 0 aromatic carbocycles. The predicted octanol–water partition coefficient (Wildman–Crippen LogP) is 6.12. The van der Waals surface area contributed by atoms with E-state index in [-0.39, 0.29) is 28.7 Å². The van der Waals surface area contributed by atoms with Crippen molar-refractivity contribution >= 4 is 11.9 Å². The van der Waals surface area contributed by atoms with Gasteiger partial charge in [0.25, 0.3) is 0 Å². The summed E-state index contributed by atoms with van der Waals surface area (Å²) in [5.41, 5.74) is 0.591. The zero-order chi connectivity index (χ0) is 24.4. The van der Waals surface area contributed by atoms with Gasteiger partial charge in [-0.2, -0.15) is 22.0 Å². The molecule has 3 unspecified atom stereocenters. The molecule has 0 N–H and O–H groups in total. The first kappa shape index (κ1) is 24.2. The first-order valence-electron chi connectivity index (χ1n) is 11.5. The van der Waals surface area contributed by atoms with Crippen LogP contribution in [-0.4, -0.2) is 30.1 Å². The third-order valence-electron chi connectivity index (χ3n) is 8.82. The van der Waals surface area contributed by atoms with E-state index in [9.17, 15) is 31.5 Å². The summed E-state index contributed by atoms with van der Waals surface area (Å²) in [6.07, 6.45) is 2.43. The van der Waals surface area contributed by atoms with E-state index in [1.807, 2.05) is 0 Å². The van der Waals surface area contributed by atoms with Crippen molar-refractivity contribution in [1.29, 1.82) is 0 Å². The summed E-state index contributed by atoms with van der Waals surface area (Å²) in [6, 6.07) is 0. The van der Waals surface area contributed by atoms with Crippen LogP contribution in [0.3, 0.4) is 0 Å². The second kappa shape index (κ2) is 7.80. The van der Waals surface area contributed by atoms with Crippen LogP contribution in [0.25, 0.3) is 0 Å². The highest BCUT2D eigenvalue weighted by atomic mass is 19.4. The Hall–Kier alpha value is -1.93. The minimum atomic E-state index is -6.00. The van der Waals surface area contributed by atoms with Gasteiger partial charge < -0.3 is 9.47 Å². The lowest BCUT2D eigenvalue weighted by Crippen LogP contribution is -2.51. The van der Waals surface area contributed by atoms with Crippen molar-refractivity contribution in [3.63, 3.8) is 0 Å². The van der Waals surface area contributed by atoms with Gasteiger partial charge in [-0.05, 0) is 80.3 Å². The molecular weight excluding hydrogens is 447 g/mol. The van der Waals surface area contributed by atoms with Gasteiger partial charge in [0.1, 0.15) is 11.9 Å². The Morgan fingerprint density at radius 1 is 1.03 bits per heavy atom. The average Bonchev–Trinajstić information content (AvgIpc) is 3.03. The topological polar surface area (TPSA) is 52.6 Å². The summed E-state index contributed by atoms with van der Waals surface area (Å²) >= 11 is 0. The van der Waals surface area contributed by atoms with Gasteiger partial charge in [-0.3, -0.25) is 4.79 Å². The fraction of sp³-hybridized carbons (Fsp3) is 0.750. The average molecular weight is 476 g/mol. The molecule has 0 spiro atoms. The second-order valence-corrected chi connectivity index (χ2v) is 10.5. The molecule has 9 heteroatoms. The van der Waals surface area contributed by atoms with Crippen LogP contribution in [0.1, 0.15) is 65.7 Å². The van der Waals surface area contributed by atoms with E-state index in [4.69, 9.17) is 4.74 Å². The number of carbonyl (C=O) groups is 2. The number of halogens is 5. The molecule has 0 heterocycles. The number of ether oxygens (including phenoxy) is 2. The Balaban J connectivity index is 1.51. The predicted molar refractivity (Wildman–Crippen MR) is 108 cm³/mol. The number of alkyl halides is 5. The highest BCUT2D eigenvalue weighted by Gasteiger charge is 2.65. The van der Waals surface area contributed by atoms with E-state index in [1.54, 1.807) is 0 Å².